The molecule has 0 bridgehead atoms. The second-order valence-corrected chi connectivity index (χ2v) is 4.52. The first-order valence-corrected chi connectivity index (χ1v) is 6.28. The quantitative estimate of drug-likeness (QED) is 0.729. The fourth-order valence-corrected chi connectivity index (χ4v) is 2.25. The van der Waals surface area contributed by atoms with Crippen LogP contribution in [0.5, 0.6) is 0 Å². The number of aryl methyl sites for hydroxylation is 1. The lowest BCUT2D eigenvalue weighted by Crippen LogP contribution is -2.29. The van der Waals surface area contributed by atoms with Crippen LogP contribution < -0.4 is 10.6 Å². The van der Waals surface area contributed by atoms with Crippen LogP contribution in [0.2, 0.25) is 0 Å². The number of nitrogens with one attached hydrogen (secondary N) is 2. The summed E-state index contributed by atoms with van der Waals surface area (Å²) in [6.07, 6.45) is 8.98. The highest BCUT2D eigenvalue weighted by Crippen LogP contribution is 2.18. The van der Waals surface area contributed by atoms with Crippen LogP contribution in [0.4, 0.5) is 0 Å². The minimum absolute atomic E-state index is 0.610. The van der Waals surface area contributed by atoms with Crippen molar-refractivity contribution in [2.24, 2.45) is 0 Å². The van der Waals surface area contributed by atoms with Gasteiger partial charge in [0, 0.05) is 6.20 Å². The maximum absolute atomic E-state index is 4.49. The van der Waals surface area contributed by atoms with E-state index in [2.05, 4.69) is 26.6 Å². The van der Waals surface area contributed by atoms with Crippen molar-refractivity contribution in [2.45, 2.75) is 31.7 Å². The highest BCUT2D eigenvalue weighted by molar-refractivity contribution is 5.04. The molecule has 0 atom stereocenters. The number of aromatic nitrogens is 2. The van der Waals surface area contributed by atoms with Crippen LogP contribution in [0.15, 0.2) is 12.4 Å². The van der Waals surface area contributed by atoms with Gasteiger partial charge in [0.15, 0.2) is 0 Å². The molecule has 1 aliphatic rings. The maximum Gasteiger partial charge on any atom is 0.0543 e. The van der Waals surface area contributed by atoms with E-state index in [1.807, 2.05) is 13.2 Å². The van der Waals surface area contributed by atoms with Gasteiger partial charge in [0.05, 0.1) is 12.2 Å². The summed E-state index contributed by atoms with van der Waals surface area (Å²) in [6.45, 7) is 3.33. The molecule has 1 aliphatic heterocycles. The van der Waals surface area contributed by atoms with Crippen LogP contribution >= 0.6 is 0 Å². The Balaban J connectivity index is 1.85. The predicted molar refractivity (Wildman–Crippen MR) is 65.6 cm³/mol. The molecule has 0 aromatic carbocycles. The van der Waals surface area contributed by atoms with Crippen LogP contribution in [0, 0.1) is 0 Å². The molecule has 1 saturated heterocycles. The molecule has 4 nitrogen and oxygen atoms in total. The van der Waals surface area contributed by atoms with Gasteiger partial charge in [-0.05, 0) is 57.9 Å². The Morgan fingerprint density at radius 3 is 3.06 bits per heavy atom. The van der Waals surface area contributed by atoms with Crippen molar-refractivity contribution in [3.63, 3.8) is 0 Å². The molecule has 1 aromatic heterocycles. The van der Waals surface area contributed by atoms with Gasteiger partial charge in [-0.1, -0.05) is 0 Å². The van der Waals surface area contributed by atoms with Crippen molar-refractivity contribution in [2.75, 3.05) is 26.7 Å². The Bertz CT molecular complexity index is 302. The molecule has 2 rings (SSSR count). The van der Waals surface area contributed by atoms with Crippen molar-refractivity contribution in [3.05, 3.63) is 18.0 Å². The molecule has 1 aromatic rings. The highest BCUT2D eigenvalue weighted by Gasteiger charge is 2.15. The SMILES string of the molecule is CNCCCc1cnn(C2CCNCC2)c1. The summed E-state index contributed by atoms with van der Waals surface area (Å²) in [7, 11) is 2.00. The van der Waals surface area contributed by atoms with Gasteiger partial charge in [-0.3, -0.25) is 4.68 Å². The number of rotatable bonds is 5. The second-order valence-electron chi connectivity index (χ2n) is 4.52. The number of hydrogen-bond donors (Lipinski definition) is 2. The fourth-order valence-electron chi connectivity index (χ4n) is 2.25. The van der Waals surface area contributed by atoms with E-state index in [1.165, 1.54) is 24.8 Å². The van der Waals surface area contributed by atoms with Crippen LogP contribution in [-0.4, -0.2) is 36.5 Å². The monoisotopic (exact) mass is 222 g/mol. The van der Waals surface area contributed by atoms with Gasteiger partial charge >= 0.3 is 0 Å². The van der Waals surface area contributed by atoms with Gasteiger partial charge < -0.3 is 10.6 Å². The molecule has 1 fully saturated rings. The number of piperidine rings is 1. The van der Waals surface area contributed by atoms with E-state index < -0.39 is 0 Å². The summed E-state index contributed by atoms with van der Waals surface area (Å²) < 4.78 is 2.16. The van der Waals surface area contributed by atoms with Crippen LogP contribution in [-0.2, 0) is 6.42 Å². The van der Waals surface area contributed by atoms with Crippen molar-refractivity contribution >= 4 is 0 Å². The predicted octanol–water partition coefficient (Wildman–Crippen LogP) is 0.960. The first-order chi connectivity index (χ1) is 7.90. The molecular formula is C12H22N4. The molecule has 4 heteroatoms. The molecule has 0 radical (unpaired) electrons. The van der Waals surface area contributed by atoms with E-state index in [-0.39, 0.29) is 0 Å². The average molecular weight is 222 g/mol. The van der Waals surface area contributed by atoms with Gasteiger partial charge in [0.1, 0.15) is 0 Å². The van der Waals surface area contributed by atoms with E-state index in [0.29, 0.717) is 6.04 Å². The van der Waals surface area contributed by atoms with Gasteiger partial charge in [-0.2, -0.15) is 5.10 Å². The van der Waals surface area contributed by atoms with E-state index in [9.17, 15) is 0 Å². The summed E-state index contributed by atoms with van der Waals surface area (Å²) in [6, 6.07) is 0.610. The molecule has 2 N–H and O–H groups in total. The van der Waals surface area contributed by atoms with Gasteiger partial charge in [0.2, 0.25) is 0 Å². The molecule has 0 saturated carbocycles. The summed E-state index contributed by atoms with van der Waals surface area (Å²) in [5.41, 5.74) is 1.37. The number of hydrogen-bond acceptors (Lipinski definition) is 3. The topological polar surface area (TPSA) is 41.9 Å². The van der Waals surface area contributed by atoms with Crippen LogP contribution in [0.25, 0.3) is 0 Å². The van der Waals surface area contributed by atoms with Crippen molar-refractivity contribution in [1.82, 2.24) is 20.4 Å². The Morgan fingerprint density at radius 1 is 1.50 bits per heavy atom. The molecule has 0 unspecified atom stereocenters. The Morgan fingerprint density at radius 2 is 2.31 bits per heavy atom. The highest BCUT2D eigenvalue weighted by atomic mass is 15.3. The van der Waals surface area contributed by atoms with Crippen LogP contribution in [0.3, 0.4) is 0 Å². The zero-order valence-corrected chi connectivity index (χ0v) is 10.1. The van der Waals surface area contributed by atoms with Crippen molar-refractivity contribution < 1.29 is 0 Å². The Kier molecular flexibility index (Phi) is 4.36. The minimum atomic E-state index is 0.610. The molecule has 0 spiro atoms. The van der Waals surface area contributed by atoms with Gasteiger partial charge in [-0.25, -0.2) is 0 Å². The molecule has 0 amide bonds. The first-order valence-electron chi connectivity index (χ1n) is 6.28. The van der Waals surface area contributed by atoms with E-state index >= 15 is 0 Å². The first kappa shape index (κ1) is 11.6. The zero-order chi connectivity index (χ0) is 11.2. The third-order valence-corrected chi connectivity index (χ3v) is 3.23. The summed E-state index contributed by atoms with van der Waals surface area (Å²) >= 11 is 0. The van der Waals surface area contributed by atoms with Crippen molar-refractivity contribution in [3.8, 4) is 0 Å². The lowest BCUT2D eigenvalue weighted by molar-refractivity contribution is 0.343. The summed E-state index contributed by atoms with van der Waals surface area (Å²) in [5.74, 6) is 0. The van der Waals surface area contributed by atoms with E-state index in [4.69, 9.17) is 0 Å². The third kappa shape index (κ3) is 3.06. The fraction of sp³-hybridized carbons (Fsp3) is 0.750. The lowest BCUT2D eigenvalue weighted by Gasteiger charge is -2.22. The molecular weight excluding hydrogens is 200 g/mol. The van der Waals surface area contributed by atoms with Crippen LogP contribution in [0.1, 0.15) is 30.9 Å². The Hall–Kier alpha value is -0.870. The third-order valence-electron chi connectivity index (χ3n) is 3.23. The van der Waals surface area contributed by atoms with Crippen molar-refractivity contribution in [1.29, 1.82) is 0 Å². The normalized spacial score (nSPS) is 17.8. The second kappa shape index (κ2) is 6.01. The molecule has 16 heavy (non-hydrogen) atoms. The zero-order valence-electron chi connectivity index (χ0n) is 10.1. The minimum Gasteiger partial charge on any atom is -0.320 e. The average Bonchev–Trinajstić information content (AvgIpc) is 2.79. The number of nitrogens with zero attached hydrogens (tertiary/aromatic N) is 2. The molecule has 90 valence electrons. The van der Waals surface area contributed by atoms with Gasteiger partial charge in [0.25, 0.3) is 0 Å². The van der Waals surface area contributed by atoms with E-state index in [0.717, 1.165) is 26.1 Å². The molecule has 2 heterocycles. The maximum atomic E-state index is 4.49. The smallest absolute Gasteiger partial charge is 0.0543 e. The summed E-state index contributed by atoms with van der Waals surface area (Å²) in [4.78, 5) is 0. The largest absolute Gasteiger partial charge is 0.320 e. The molecule has 0 aliphatic carbocycles. The summed E-state index contributed by atoms with van der Waals surface area (Å²) in [5, 5.41) is 11.0. The standard InChI is InChI=1S/C12H22N4/c1-13-6-2-3-11-9-15-16(10-11)12-4-7-14-8-5-12/h9-10,12-14H,2-8H2,1H3. The van der Waals surface area contributed by atoms with E-state index in [1.54, 1.807) is 0 Å². The van der Waals surface area contributed by atoms with Gasteiger partial charge in [-0.15, -0.1) is 0 Å². The Labute approximate surface area is 97.4 Å². The lowest BCUT2D eigenvalue weighted by atomic mass is 10.1.